The van der Waals surface area contributed by atoms with Crippen molar-refractivity contribution in [3.63, 3.8) is 0 Å². The van der Waals surface area contributed by atoms with Crippen LogP contribution in [-0.4, -0.2) is 12.5 Å². The maximum absolute atomic E-state index is 2.14. The van der Waals surface area contributed by atoms with Crippen LogP contribution in [0.2, 0.25) is 0 Å². The normalized spacial score (nSPS) is 10.4. The van der Waals surface area contributed by atoms with Crippen LogP contribution < -0.4 is 0 Å². The zero-order chi connectivity index (χ0) is 10.2. The van der Waals surface area contributed by atoms with Gasteiger partial charge in [0.15, 0.2) is 0 Å². The molecular weight excluding hydrogens is 208 g/mol. The van der Waals surface area contributed by atoms with Gasteiger partial charge in [-0.25, -0.2) is 0 Å². The zero-order valence-electron chi connectivity index (χ0n) is 8.44. The molecule has 1 aromatic rings. The van der Waals surface area contributed by atoms with Crippen molar-refractivity contribution < 1.29 is 0 Å². The minimum atomic E-state index is 1.24. The van der Waals surface area contributed by atoms with Crippen LogP contribution in [0.25, 0.3) is 6.08 Å². The van der Waals surface area contributed by atoms with Crippen LogP contribution >= 0.6 is 23.5 Å². The predicted molar refractivity (Wildman–Crippen MR) is 70.6 cm³/mol. The van der Waals surface area contributed by atoms with Crippen LogP contribution in [0.3, 0.4) is 0 Å². The summed E-state index contributed by atoms with van der Waals surface area (Å²) in [7, 11) is 0. The predicted octanol–water partition coefficient (Wildman–Crippen LogP) is 4.27. The van der Waals surface area contributed by atoms with Gasteiger partial charge in [0, 0.05) is 4.24 Å². The average Bonchev–Trinajstić information content (AvgIpc) is 2.26. The Morgan fingerprint density at radius 1 is 1.07 bits per heavy atom. The van der Waals surface area contributed by atoms with E-state index in [1.807, 2.05) is 18.2 Å². The number of hydrogen-bond donors (Lipinski definition) is 0. The van der Waals surface area contributed by atoms with Gasteiger partial charge in [0.1, 0.15) is 0 Å². The molecule has 1 rings (SSSR count). The third-order valence-corrected chi connectivity index (χ3v) is 3.80. The summed E-state index contributed by atoms with van der Waals surface area (Å²) in [6, 6.07) is 10.3. The largest absolute Gasteiger partial charge is 0.123 e. The molecule has 0 aliphatic heterocycles. The third-order valence-electron chi connectivity index (χ3n) is 1.72. The molecule has 0 radical (unpaired) electrons. The number of thioether (sulfide) groups is 2. The van der Waals surface area contributed by atoms with E-state index >= 15 is 0 Å². The fourth-order valence-electron chi connectivity index (χ4n) is 1.02. The maximum atomic E-state index is 2.14. The fraction of sp³-hybridized carbons (Fsp3) is 0.167. The van der Waals surface area contributed by atoms with Gasteiger partial charge in [-0.05, 0) is 24.2 Å². The summed E-state index contributed by atoms with van der Waals surface area (Å²) >= 11 is 3.56. The summed E-state index contributed by atoms with van der Waals surface area (Å²) in [6.45, 7) is 0. The molecule has 0 aliphatic carbocycles. The van der Waals surface area contributed by atoms with Gasteiger partial charge in [-0.2, -0.15) is 0 Å². The third kappa shape index (κ3) is 4.07. The number of rotatable bonds is 4. The van der Waals surface area contributed by atoms with Gasteiger partial charge < -0.3 is 0 Å². The molecule has 0 nitrogen and oxygen atoms in total. The lowest BCUT2D eigenvalue weighted by molar-refractivity contribution is 1.66. The van der Waals surface area contributed by atoms with Crippen LogP contribution in [0.5, 0.6) is 0 Å². The van der Waals surface area contributed by atoms with E-state index in [4.69, 9.17) is 0 Å². The van der Waals surface area contributed by atoms with Crippen molar-refractivity contribution in [2.45, 2.75) is 0 Å². The second kappa shape index (κ2) is 6.80. The molecule has 74 valence electrons. The SMILES string of the molecule is CSC(=CC=Cc1ccccc1)SC. The van der Waals surface area contributed by atoms with Gasteiger partial charge in [0.2, 0.25) is 0 Å². The van der Waals surface area contributed by atoms with Crippen LogP contribution in [0.4, 0.5) is 0 Å². The molecule has 0 aliphatic rings. The number of hydrogen-bond acceptors (Lipinski definition) is 2. The van der Waals surface area contributed by atoms with E-state index in [0.717, 1.165) is 0 Å². The molecule has 0 fully saturated rings. The molecule has 0 heterocycles. The molecule has 0 saturated carbocycles. The molecule has 14 heavy (non-hydrogen) atoms. The highest BCUT2D eigenvalue weighted by atomic mass is 32.2. The van der Waals surface area contributed by atoms with E-state index in [1.54, 1.807) is 23.5 Å². The summed E-state index contributed by atoms with van der Waals surface area (Å²) in [5.74, 6) is 0. The average molecular weight is 222 g/mol. The van der Waals surface area contributed by atoms with Crippen molar-refractivity contribution in [3.8, 4) is 0 Å². The standard InChI is InChI=1S/C12H14S2/c1-13-12(14-2)10-6-9-11-7-4-3-5-8-11/h3-10H,1-2H3. The second-order valence-electron chi connectivity index (χ2n) is 2.66. The van der Waals surface area contributed by atoms with Crippen LogP contribution in [0.1, 0.15) is 5.56 Å². The topological polar surface area (TPSA) is 0 Å². The van der Waals surface area contributed by atoms with Crippen LogP contribution in [0, 0.1) is 0 Å². The Balaban J connectivity index is 2.61. The van der Waals surface area contributed by atoms with Gasteiger partial charge in [-0.1, -0.05) is 42.5 Å². The Morgan fingerprint density at radius 2 is 1.71 bits per heavy atom. The zero-order valence-corrected chi connectivity index (χ0v) is 10.1. The van der Waals surface area contributed by atoms with Gasteiger partial charge in [0.25, 0.3) is 0 Å². The van der Waals surface area contributed by atoms with Crippen molar-refractivity contribution in [2.75, 3.05) is 12.5 Å². The number of benzene rings is 1. The summed E-state index contributed by atoms with van der Waals surface area (Å²) in [5, 5.41) is 0. The highest BCUT2D eigenvalue weighted by Crippen LogP contribution is 2.23. The molecule has 1 aromatic carbocycles. The molecule has 0 unspecified atom stereocenters. The van der Waals surface area contributed by atoms with Crippen molar-refractivity contribution in [1.29, 1.82) is 0 Å². The molecular formula is C12H14S2. The van der Waals surface area contributed by atoms with Gasteiger partial charge in [-0.3, -0.25) is 0 Å². The first-order valence-electron chi connectivity index (χ1n) is 4.38. The molecule has 0 spiro atoms. The van der Waals surface area contributed by atoms with Crippen LogP contribution in [-0.2, 0) is 0 Å². The van der Waals surface area contributed by atoms with E-state index in [-0.39, 0.29) is 0 Å². The highest BCUT2D eigenvalue weighted by Gasteiger charge is 1.87. The Kier molecular flexibility index (Phi) is 5.57. The summed E-state index contributed by atoms with van der Waals surface area (Å²) in [4.78, 5) is 0. The summed E-state index contributed by atoms with van der Waals surface area (Å²) < 4.78 is 1.33. The number of allylic oxidation sites excluding steroid dienone is 2. The molecule has 0 atom stereocenters. The summed E-state index contributed by atoms with van der Waals surface area (Å²) in [6.07, 6.45) is 10.5. The lowest BCUT2D eigenvalue weighted by Gasteiger charge is -1.94. The molecule has 0 amide bonds. The van der Waals surface area contributed by atoms with Crippen molar-refractivity contribution >= 4 is 29.6 Å². The maximum Gasteiger partial charge on any atom is 0.0395 e. The molecule has 0 aromatic heterocycles. The van der Waals surface area contributed by atoms with Gasteiger partial charge >= 0.3 is 0 Å². The van der Waals surface area contributed by atoms with E-state index in [9.17, 15) is 0 Å². The van der Waals surface area contributed by atoms with E-state index in [1.165, 1.54) is 9.80 Å². The summed E-state index contributed by atoms with van der Waals surface area (Å²) in [5.41, 5.74) is 1.24. The van der Waals surface area contributed by atoms with Gasteiger partial charge in [-0.15, -0.1) is 23.5 Å². The lowest BCUT2D eigenvalue weighted by Crippen LogP contribution is -1.68. The fourth-order valence-corrected chi connectivity index (χ4v) is 2.12. The smallest absolute Gasteiger partial charge is 0.0395 e. The minimum Gasteiger partial charge on any atom is -0.123 e. The van der Waals surface area contributed by atoms with Crippen molar-refractivity contribution in [3.05, 3.63) is 52.3 Å². The minimum absolute atomic E-state index is 1.24. The first-order valence-corrected chi connectivity index (χ1v) is 6.83. The van der Waals surface area contributed by atoms with E-state index < -0.39 is 0 Å². The van der Waals surface area contributed by atoms with E-state index in [2.05, 4.69) is 42.9 Å². The molecule has 0 N–H and O–H groups in total. The monoisotopic (exact) mass is 222 g/mol. The van der Waals surface area contributed by atoms with E-state index in [0.29, 0.717) is 0 Å². The quantitative estimate of drug-likeness (QED) is 0.698. The molecule has 0 saturated heterocycles. The molecule has 0 bridgehead atoms. The van der Waals surface area contributed by atoms with Crippen LogP contribution in [0.15, 0.2) is 46.7 Å². The Bertz CT molecular complexity index is 306. The molecule has 2 heteroatoms. The lowest BCUT2D eigenvalue weighted by atomic mass is 10.2. The highest BCUT2D eigenvalue weighted by molar-refractivity contribution is 8.21. The van der Waals surface area contributed by atoms with Crippen molar-refractivity contribution in [2.24, 2.45) is 0 Å². The van der Waals surface area contributed by atoms with Crippen molar-refractivity contribution in [1.82, 2.24) is 0 Å². The Hall–Kier alpha value is -0.600. The second-order valence-corrected chi connectivity index (χ2v) is 4.62. The Labute approximate surface area is 94.5 Å². The van der Waals surface area contributed by atoms with Gasteiger partial charge in [0.05, 0.1) is 0 Å². The first-order chi connectivity index (χ1) is 6.86. The first kappa shape index (κ1) is 11.5. The Morgan fingerprint density at radius 3 is 2.29 bits per heavy atom.